The van der Waals surface area contributed by atoms with Gasteiger partial charge in [0.1, 0.15) is 12.1 Å². The van der Waals surface area contributed by atoms with E-state index in [1.54, 1.807) is 30.4 Å². The van der Waals surface area contributed by atoms with Crippen molar-refractivity contribution in [2.45, 2.75) is 18.0 Å². The van der Waals surface area contributed by atoms with Gasteiger partial charge in [-0.1, -0.05) is 0 Å². The second-order valence-electron chi connectivity index (χ2n) is 3.25. The number of nitrogen functional groups attached to an aromatic ring is 1. The molecule has 2 rings (SSSR count). The van der Waals surface area contributed by atoms with E-state index in [4.69, 9.17) is 5.73 Å². The van der Waals surface area contributed by atoms with Crippen molar-refractivity contribution in [2.75, 3.05) is 11.5 Å². The zero-order valence-electron chi connectivity index (χ0n) is 8.78. The molecule has 0 aliphatic carbocycles. The average molecular weight is 235 g/mol. The van der Waals surface area contributed by atoms with Crippen molar-refractivity contribution in [1.29, 1.82) is 0 Å². The van der Waals surface area contributed by atoms with Crippen LogP contribution in [-0.4, -0.2) is 25.5 Å². The van der Waals surface area contributed by atoms with E-state index in [0.717, 1.165) is 23.7 Å². The lowest BCUT2D eigenvalue weighted by molar-refractivity contribution is 0.608. The minimum absolute atomic E-state index is 0.573. The second kappa shape index (κ2) is 5.50. The zero-order valence-corrected chi connectivity index (χ0v) is 9.60. The number of aryl methyl sites for hydroxylation is 1. The molecule has 0 unspecified atom stereocenters. The van der Waals surface area contributed by atoms with Crippen LogP contribution in [0, 0.1) is 0 Å². The van der Waals surface area contributed by atoms with Crippen LogP contribution in [0.25, 0.3) is 0 Å². The predicted molar refractivity (Wildman–Crippen MR) is 64.0 cm³/mol. The lowest BCUT2D eigenvalue weighted by atomic mass is 10.5. The summed E-state index contributed by atoms with van der Waals surface area (Å²) in [5.41, 5.74) is 5.52. The van der Waals surface area contributed by atoms with Gasteiger partial charge < -0.3 is 5.73 Å². The molecule has 5 nitrogen and oxygen atoms in total. The third-order valence-corrected chi connectivity index (χ3v) is 3.03. The van der Waals surface area contributed by atoms with Crippen LogP contribution in [0.3, 0.4) is 0 Å². The van der Waals surface area contributed by atoms with Gasteiger partial charge in [-0.2, -0.15) is 5.10 Å². The topological polar surface area (TPSA) is 69.6 Å². The molecule has 2 aromatic heterocycles. The first-order valence-corrected chi connectivity index (χ1v) is 6.01. The Kier molecular flexibility index (Phi) is 3.76. The van der Waals surface area contributed by atoms with Crippen LogP contribution < -0.4 is 5.73 Å². The molecule has 0 fully saturated rings. The van der Waals surface area contributed by atoms with E-state index in [2.05, 4.69) is 15.1 Å². The van der Waals surface area contributed by atoms with Gasteiger partial charge in [0.15, 0.2) is 0 Å². The standard InChI is InChI=1S/C10H13N5S/c11-9-3-6-15(14-9)5-1-7-16-10-2-4-12-8-13-10/h2-4,6,8H,1,5,7H2,(H2,11,14). The maximum absolute atomic E-state index is 5.52. The molecule has 0 spiro atoms. The molecule has 2 N–H and O–H groups in total. The molecule has 2 aromatic rings. The molecule has 16 heavy (non-hydrogen) atoms. The van der Waals surface area contributed by atoms with Crippen molar-refractivity contribution in [2.24, 2.45) is 0 Å². The molecule has 0 aromatic carbocycles. The van der Waals surface area contributed by atoms with E-state index in [1.165, 1.54) is 0 Å². The summed E-state index contributed by atoms with van der Waals surface area (Å²) in [5, 5.41) is 5.12. The number of rotatable bonds is 5. The third kappa shape index (κ3) is 3.23. The molecule has 0 atom stereocenters. The zero-order chi connectivity index (χ0) is 11.2. The van der Waals surface area contributed by atoms with Crippen LogP contribution >= 0.6 is 11.8 Å². The van der Waals surface area contributed by atoms with Crippen LogP contribution in [0.15, 0.2) is 35.9 Å². The normalized spacial score (nSPS) is 10.5. The fraction of sp³-hybridized carbons (Fsp3) is 0.300. The molecule has 0 amide bonds. The second-order valence-corrected chi connectivity index (χ2v) is 4.37. The number of hydrogen-bond donors (Lipinski definition) is 1. The van der Waals surface area contributed by atoms with E-state index < -0.39 is 0 Å². The van der Waals surface area contributed by atoms with Gasteiger partial charge in [0.25, 0.3) is 0 Å². The first kappa shape index (κ1) is 10.9. The molecule has 2 heterocycles. The number of anilines is 1. The first-order chi connectivity index (χ1) is 7.84. The minimum atomic E-state index is 0.573. The van der Waals surface area contributed by atoms with Crippen molar-refractivity contribution < 1.29 is 0 Å². The van der Waals surface area contributed by atoms with Gasteiger partial charge in [-0.25, -0.2) is 9.97 Å². The van der Waals surface area contributed by atoms with Crippen molar-refractivity contribution >= 4 is 17.6 Å². The maximum atomic E-state index is 5.52. The van der Waals surface area contributed by atoms with Gasteiger partial charge in [0.05, 0.1) is 5.03 Å². The van der Waals surface area contributed by atoms with Crippen molar-refractivity contribution in [3.63, 3.8) is 0 Å². The van der Waals surface area contributed by atoms with E-state index in [0.29, 0.717) is 5.82 Å². The molecule has 0 aliphatic rings. The van der Waals surface area contributed by atoms with Crippen LogP contribution in [0.2, 0.25) is 0 Å². The molecular weight excluding hydrogens is 222 g/mol. The fourth-order valence-corrected chi connectivity index (χ4v) is 2.03. The summed E-state index contributed by atoms with van der Waals surface area (Å²) in [6.45, 7) is 0.884. The Morgan fingerprint density at radius 3 is 3.00 bits per heavy atom. The van der Waals surface area contributed by atoms with Crippen molar-refractivity contribution in [3.05, 3.63) is 30.9 Å². The summed E-state index contributed by atoms with van der Waals surface area (Å²) in [6.07, 6.45) is 6.25. The molecule has 0 aliphatic heterocycles. The van der Waals surface area contributed by atoms with Crippen molar-refractivity contribution in [3.8, 4) is 0 Å². The molecule has 0 bridgehead atoms. The average Bonchev–Trinajstić information content (AvgIpc) is 2.72. The summed E-state index contributed by atoms with van der Waals surface area (Å²) in [4.78, 5) is 8.01. The van der Waals surface area contributed by atoms with Gasteiger partial charge in [-0.3, -0.25) is 4.68 Å². The number of aromatic nitrogens is 4. The summed E-state index contributed by atoms with van der Waals surface area (Å²) in [5.74, 6) is 1.58. The third-order valence-electron chi connectivity index (χ3n) is 2.00. The number of nitrogens with two attached hydrogens (primary N) is 1. The number of hydrogen-bond acceptors (Lipinski definition) is 5. The quantitative estimate of drug-likeness (QED) is 0.482. The Morgan fingerprint density at radius 2 is 2.31 bits per heavy atom. The SMILES string of the molecule is Nc1ccn(CCCSc2ccncn2)n1. The molecule has 0 saturated heterocycles. The van der Waals surface area contributed by atoms with Gasteiger partial charge in [0, 0.05) is 24.7 Å². The van der Waals surface area contributed by atoms with Gasteiger partial charge in [-0.15, -0.1) is 11.8 Å². The van der Waals surface area contributed by atoms with Crippen LogP contribution in [0.4, 0.5) is 5.82 Å². The van der Waals surface area contributed by atoms with Gasteiger partial charge in [-0.05, 0) is 18.6 Å². The predicted octanol–water partition coefficient (Wildman–Crippen LogP) is 1.44. The van der Waals surface area contributed by atoms with Crippen LogP contribution in [0.5, 0.6) is 0 Å². The summed E-state index contributed by atoms with van der Waals surface area (Å²) < 4.78 is 1.86. The van der Waals surface area contributed by atoms with Crippen molar-refractivity contribution in [1.82, 2.24) is 19.7 Å². The summed E-state index contributed by atoms with van der Waals surface area (Å²) in [7, 11) is 0. The lowest BCUT2D eigenvalue weighted by Crippen LogP contribution is -2.00. The Morgan fingerprint density at radius 1 is 1.38 bits per heavy atom. The highest BCUT2D eigenvalue weighted by Gasteiger charge is 1.96. The Labute approximate surface area is 98.1 Å². The monoisotopic (exact) mass is 235 g/mol. The Bertz CT molecular complexity index is 428. The van der Waals surface area contributed by atoms with Gasteiger partial charge >= 0.3 is 0 Å². The highest BCUT2D eigenvalue weighted by Crippen LogP contribution is 2.14. The highest BCUT2D eigenvalue weighted by atomic mass is 32.2. The van der Waals surface area contributed by atoms with E-state index in [-0.39, 0.29) is 0 Å². The number of nitrogens with zero attached hydrogens (tertiary/aromatic N) is 4. The Hall–Kier alpha value is -1.56. The lowest BCUT2D eigenvalue weighted by Gasteiger charge is -2.01. The summed E-state index contributed by atoms with van der Waals surface area (Å²) in [6, 6.07) is 3.72. The maximum Gasteiger partial charge on any atom is 0.145 e. The van der Waals surface area contributed by atoms with Crippen LogP contribution in [0.1, 0.15) is 6.42 Å². The molecule has 84 valence electrons. The van der Waals surface area contributed by atoms with E-state index in [9.17, 15) is 0 Å². The smallest absolute Gasteiger partial charge is 0.145 e. The Balaban J connectivity index is 1.69. The first-order valence-electron chi connectivity index (χ1n) is 5.02. The number of thioether (sulfide) groups is 1. The molecule has 6 heteroatoms. The highest BCUT2D eigenvalue weighted by molar-refractivity contribution is 7.99. The molecule has 0 radical (unpaired) electrons. The van der Waals surface area contributed by atoms with Crippen LogP contribution in [-0.2, 0) is 6.54 Å². The summed E-state index contributed by atoms with van der Waals surface area (Å²) >= 11 is 1.72. The largest absolute Gasteiger partial charge is 0.382 e. The minimum Gasteiger partial charge on any atom is -0.382 e. The fourth-order valence-electron chi connectivity index (χ4n) is 1.27. The molecule has 0 saturated carbocycles. The molecular formula is C10H13N5S. The van der Waals surface area contributed by atoms with E-state index in [1.807, 2.05) is 16.9 Å². The van der Waals surface area contributed by atoms with E-state index >= 15 is 0 Å². The van der Waals surface area contributed by atoms with Gasteiger partial charge in [0.2, 0.25) is 0 Å².